The molecule has 2 fully saturated rings. The van der Waals surface area contributed by atoms with E-state index in [1.54, 1.807) is 6.20 Å². The van der Waals surface area contributed by atoms with Crippen molar-refractivity contribution in [3.05, 3.63) is 18.1 Å². The molecule has 2 aliphatic heterocycles. The van der Waals surface area contributed by atoms with Crippen molar-refractivity contribution in [1.29, 1.82) is 0 Å². The van der Waals surface area contributed by atoms with Crippen LogP contribution in [0.1, 0.15) is 23.3 Å². The molecule has 2 aliphatic rings. The molecule has 0 radical (unpaired) electrons. The summed E-state index contributed by atoms with van der Waals surface area (Å²) in [6, 6.07) is 0.501. The number of carbonyl (C=O) groups is 1. The van der Waals surface area contributed by atoms with E-state index in [1.165, 1.54) is 19.0 Å². The Hall–Kier alpha value is -1.69. The average molecular weight is 247 g/mol. The molecule has 0 bridgehead atoms. The number of aromatic nitrogens is 2. The molecule has 0 spiro atoms. The zero-order chi connectivity index (χ0) is 12.5. The summed E-state index contributed by atoms with van der Waals surface area (Å²) in [5.74, 6) is 0.753. The number of rotatable bonds is 2. The fourth-order valence-corrected chi connectivity index (χ4v) is 2.96. The van der Waals surface area contributed by atoms with Gasteiger partial charge in [0.25, 0.3) is 5.91 Å². The van der Waals surface area contributed by atoms with Crippen LogP contribution in [0.5, 0.6) is 0 Å². The molecule has 0 saturated carbocycles. The number of hydrogen-bond donors (Lipinski definition) is 2. The minimum Gasteiger partial charge on any atom is -0.364 e. The fraction of sp³-hybridized carbons (Fsp3) is 0.583. The first kappa shape index (κ1) is 11.4. The average Bonchev–Trinajstić information content (AvgIpc) is 2.82. The van der Waals surface area contributed by atoms with E-state index in [1.807, 2.05) is 0 Å². The molecule has 0 aromatic carbocycles. The molecule has 3 rings (SSSR count). The zero-order valence-corrected chi connectivity index (χ0v) is 10.2. The van der Waals surface area contributed by atoms with Gasteiger partial charge in [0, 0.05) is 31.5 Å². The number of nitrogens with one attached hydrogen (secondary N) is 1. The lowest BCUT2D eigenvalue weighted by molar-refractivity contribution is 0.0995. The van der Waals surface area contributed by atoms with E-state index in [4.69, 9.17) is 5.73 Å². The van der Waals surface area contributed by atoms with Gasteiger partial charge in [-0.05, 0) is 25.3 Å². The molecule has 18 heavy (non-hydrogen) atoms. The normalized spacial score (nSPS) is 27.0. The molecular formula is C12H17N5O. The molecule has 96 valence electrons. The summed E-state index contributed by atoms with van der Waals surface area (Å²) in [7, 11) is 0. The van der Waals surface area contributed by atoms with Gasteiger partial charge in [-0.2, -0.15) is 0 Å². The first-order chi connectivity index (χ1) is 8.75. The van der Waals surface area contributed by atoms with Gasteiger partial charge in [0.15, 0.2) is 11.5 Å². The second-order valence-electron chi connectivity index (χ2n) is 4.96. The third-order valence-electron chi connectivity index (χ3n) is 3.81. The number of nitrogens with zero attached hydrogens (tertiary/aromatic N) is 3. The number of fused-ring (bicyclic) bond motifs is 1. The molecule has 2 saturated heterocycles. The predicted octanol–water partition coefficient (Wildman–Crippen LogP) is -0.236. The maximum atomic E-state index is 11.4. The van der Waals surface area contributed by atoms with E-state index in [-0.39, 0.29) is 5.69 Å². The largest absolute Gasteiger partial charge is 0.364 e. The van der Waals surface area contributed by atoms with Gasteiger partial charge in [-0.3, -0.25) is 4.79 Å². The van der Waals surface area contributed by atoms with E-state index in [2.05, 4.69) is 20.2 Å². The summed E-state index contributed by atoms with van der Waals surface area (Å²) in [5, 5.41) is 3.52. The van der Waals surface area contributed by atoms with Crippen molar-refractivity contribution >= 4 is 11.7 Å². The first-order valence-corrected chi connectivity index (χ1v) is 6.35. The van der Waals surface area contributed by atoms with Gasteiger partial charge in [0.1, 0.15) is 0 Å². The second-order valence-corrected chi connectivity index (χ2v) is 4.96. The van der Waals surface area contributed by atoms with Gasteiger partial charge in [-0.25, -0.2) is 9.97 Å². The van der Waals surface area contributed by atoms with Crippen LogP contribution in [0.15, 0.2) is 12.4 Å². The van der Waals surface area contributed by atoms with Gasteiger partial charge in [0.2, 0.25) is 0 Å². The number of primary amides is 1. The highest BCUT2D eigenvalue weighted by molar-refractivity contribution is 5.95. The molecule has 3 heterocycles. The van der Waals surface area contributed by atoms with Crippen molar-refractivity contribution in [1.82, 2.24) is 15.3 Å². The lowest BCUT2D eigenvalue weighted by Crippen LogP contribution is -2.40. The lowest BCUT2D eigenvalue weighted by Gasteiger charge is -2.24. The van der Waals surface area contributed by atoms with E-state index in [0.717, 1.165) is 19.6 Å². The van der Waals surface area contributed by atoms with Crippen LogP contribution >= 0.6 is 0 Å². The Morgan fingerprint density at radius 1 is 1.39 bits per heavy atom. The third-order valence-corrected chi connectivity index (χ3v) is 3.81. The number of carbonyl (C=O) groups excluding carboxylic acids is 1. The van der Waals surface area contributed by atoms with Gasteiger partial charge in [-0.15, -0.1) is 0 Å². The van der Waals surface area contributed by atoms with Crippen molar-refractivity contribution in [2.75, 3.05) is 24.5 Å². The Kier molecular flexibility index (Phi) is 2.87. The van der Waals surface area contributed by atoms with E-state index in [9.17, 15) is 4.79 Å². The summed E-state index contributed by atoms with van der Waals surface area (Å²) >= 11 is 0. The first-order valence-electron chi connectivity index (χ1n) is 6.35. The third kappa shape index (κ3) is 1.92. The second kappa shape index (κ2) is 4.53. The molecular weight excluding hydrogens is 230 g/mol. The maximum Gasteiger partial charge on any atom is 0.271 e. The molecule has 3 N–H and O–H groups in total. The van der Waals surface area contributed by atoms with Crippen molar-refractivity contribution in [2.45, 2.75) is 18.9 Å². The van der Waals surface area contributed by atoms with Crippen LogP contribution in [0.4, 0.5) is 5.82 Å². The monoisotopic (exact) mass is 247 g/mol. The van der Waals surface area contributed by atoms with Crippen LogP contribution < -0.4 is 16.0 Å². The summed E-state index contributed by atoms with van der Waals surface area (Å²) in [6.07, 6.45) is 5.57. The molecule has 6 nitrogen and oxygen atoms in total. The Bertz CT molecular complexity index is 450. The Balaban J connectivity index is 1.85. The topological polar surface area (TPSA) is 84.1 Å². The van der Waals surface area contributed by atoms with Crippen molar-refractivity contribution in [3.8, 4) is 0 Å². The van der Waals surface area contributed by atoms with Crippen LogP contribution in [-0.2, 0) is 0 Å². The number of anilines is 1. The summed E-state index contributed by atoms with van der Waals surface area (Å²) in [5.41, 5.74) is 5.62. The van der Waals surface area contributed by atoms with Gasteiger partial charge in [0.05, 0.1) is 0 Å². The Morgan fingerprint density at radius 3 is 3.00 bits per heavy atom. The highest BCUT2D eigenvalue weighted by Crippen LogP contribution is 2.28. The van der Waals surface area contributed by atoms with E-state index in [0.29, 0.717) is 17.8 Å². The molecule has 1 aromatic rings. The van der Waals surface area contributed by atoms with Crippen LogP contribution in [0.3, 0.4) is 0 Å². The quantitative estimate of drug-likeness (QED) is 0.753. The number of piperidine rings is 1. The minimum atomic E-state index is -0.513. The van der Waals surface area contributed by atoms with Crippen LogP contribution in [0.25, 0.3) is 0 Å². The summed E-state index contributed by atoms with van der Waals surface area (Å²) in [6.45, 7) is 2.89. The number of nitrogens with two attached hydrogens (primary N) is 1. The van der Waals surface area contributed by atoms with Crippen LogP contribution in [0, 0.1) is 5.92 Å². The summed E-state index contributed by atoms with van der Waals surface area (Å²) < 4.78 is 0. The predicted molar refractivity (Wildman–Crippen MR) is 67.3 cm³/mol. The van der Waals surface area contributed by atoms with Gasteiger partial charge >= 0.3 is 0 Å². The van der Waals surface area contributed by atoms with Crippen molar-refractivity contribution < 1.29 is 4.79 Å². The standard InChI is InChI=1S/C12H17N5O/c13-11(18)10-12(16-5-4-15-10)17-6-8-2-1-3-14-9(8)7-17/h4-5,8-9,14H,1-3,6-7H2,(H2,13,18)/t8-,9+/m0/s1. The van der Waals surface area contributed by atoms with Crippen molar-refractivity contribution in [3.63, 3.8) is 0 Å². The lowest BCUT2D eigenvalue weighted by atomic mass is 9.94. The van der Waals surface area contributed by atoms with Gasteiger partial charge in [-0.1, -0.05) is 0 Å². The molecule has 0 aliphatic carbocycles. The Morgan fingerprint density at radius 2 is 2.22 bits per heavy atom. The fourth-order valence-electron chi connectivity index (χ4n) is 2.96. The molecule has 1 amide bonds. The molecule has 0 unspecified atom stereocenters. The number of hydrogen-bond acceptors (Lipinski definition) is 5. The highest BCUT2D eigenvalue weighted by atomic mass is 16.1. The Labute approximate surface area is 106 Å². The summed E-state index contributed by atoms with van der Waals surface area (Å²) in [4.78, 5) is 21.8. The SMILES string of the molecule is NC(=O)c1nccnc1N1C[C@@H]2CCCN[C@@H]2C1. The molecule has 6 heteroatoms. The van der Waals surface area contributed by atoms with Crippen molar-refractivity contribution in [2.24, 2.45) is 11.7 Å². The molecule has 2 atom stereocenters. The van der Waals surface area contributed by atoms with E-state index < -0.39 is 5.91 Å². The number of amides is 1. The smallest absolute Gasteiger partial charge is 0.271 e. The van der Waals surface area contributed by atoms with Crippen LogP contribution in [0.2, 0.25) is 0 Å². The van der Waals surface area contributed by atoms with Crippen LogP contribution in [-0.4, -0.2) is 41.6 Å². The van der Waals surface area contributed by atoms with Gasteiger partial charge < -0.3 is 16.0 Å². The minimum absolute atomic E-state index is 0.274. The van der Waals surface area contributed by atoms with E-state index >= 15 is 0 Å². The zero-order valence-electron chi connectivity index (χ0n) is 10.2. The maximum absolute atomic E-state index is 11.4. The highest BCUT2D eigenvalue weighted by Gasteiger charge is 2.36. The molecule has 1 aromatic heterocycles.